The van der Waals surface area contributed by atoms with Crippen molar-refractivity contribution in [2.75, 3.05) is 6.54 Å². The second kappa shape index (κ2) is 9.67. The number of carboxylic acids is 1. The molecule has 2 atom stereocenters. The number of carbonyl (C=O) groups excluding carboxylic acids is 1. The molecule has 1 amide bonds. The van der Waals surface area contributed by atoms with E-state index in [0.717, 1.165) is 24.0 Å². The Labute approximate surface area is 199 Å². The Kier molecular flexibility index (Phi) is 6.68. The fourth-order valence-corrected chi connectivity index (χ4v) is 5.14. The number of hydrogen-bond acceptors (Lipinski definition) is 3. The number of carbonyl (C=O) groups is 2. The molecule has 4 rings (SSSR count). The molecule has 1 unspecified atom stereocenters. The van der Waals surface area contributed by atoms with E-state index in [4.69, 9.17) is 0 Å². The van der Waals surface area contributed by atoms with Crippen LogP contribution in [0.4, 0.5) is 0 Å². The van der Waals surface area contributed by atoms with Crippen LogP contribution in [0.1, 0.15) is 76.2 Å². The molecule has 0 aliphatic carbocycles. The van der Waals surface area contributed by atoms with Crippen LogP contribution in [0.25, 0.3) is 0 Å². The van der Waals surface area contributed by atoms with E-state index < -0.39 is 11.4 Å². The summed E-state index contributed by atoms with van der Waals surface area (Å²) in [6.45, 7) is 6.10. The molecule has 0 radical (unpaired) electrons. The van der Waals surface area contributed by atoms with E-state index in [2.05, 4.69) is 31.2 Å². The molecule has 6 heteroatoms. The molecule has 0 bridgehead atoms. The molecule has 0 saturated carbocycles. The van der Waals surface area contributed by atoms with Crippen LogP contribution < -0.4 is 5.43 Å². The lowest BCUT2D eigenvalue weighted by atomic mass is 9.82. The minimum absolute atomic E-state index is 0.00500. The van der Waals surface area contributed by atoms with Gasteiger partial charge in [-0.05, 0) is 31.4 Å². The molecule has 1 aromatic heterocycles. The minimum Gasteiger partial charge on any atom is -0.477 e. The first-order chi connectivity index (χ1) is 16.3. The minimum atomic E-state index is -1.28. The van der Waals surface area contributed by atoms with Crippen molar-refractivity contribution in [2.45, 2.75) is 51.6 Å². The van der Waals surface area contributed by atoms with E-state index >= 15 is 0 Å². The fraction of sp³-hybridized carbons (Fsp3) is 0.321. The van der Waals surface area contributed by atoms with E-state index in [1.807, 2.05) is 48.2 Å². The van der Waals surface area contributed by atoms with E-state index in [1.54, 1.807) is 11.5 Å². The highest BCUT2D eigenvalue weighted by Crippen LogP contribution is 2.40. The van der Waals surface area contributed by atoms with Crippen LogP contribution in [-0.2, 0) is 0 Å². The van der Waals surface area contributed by atoms with Gasteiger partial charge in [-0.25, -0.2) is 4.79 Å². The normalized spacial score (nSPS) is 16.4. The number of amides is 1. The average molecular weight is 459 g/mol. The summed E-state index contributed by atoms with van der Waals surface area (Å²) in [4.78, 5) is 40.3. The number of rotatable bonds is 7. The Balaban J connectivity index is 2.00. The molecule has 34 heavy (non-hydrogen) atoms. The summed E-state index contributed by atoms with van der Waals surface area (Å²) >= 11 is 0. The van der Waals surface area contributed by atoms with Crippen LogP contribution in [0.2, 0.25) is 0 Å². The molecule has 0 fully saturated rings. The van der Waals surface area contributed by atoms with Crippen molar-refractivity contribution in [1.82, 2.24) is 9.47 Å². The topological polar surface area (TPSA) is 79.6 Å². The van der Waals surface area contributed by atoms with Crippen molar-refractivity contribution < 1.29 is 14.7 Å². The first kappa shape index (κ1) is 23.5. The van der Waals surface area contributed by atoms with Gasteiger partial charge in [-0.3, -0.25) is 9.59 Å². The molecular weight excluding hydrogens is 428 g/mol. The van der Waals surface area contributed by atoms with Gasteiger partial charge >= 0.3 is 5.97 Å². The van der Waals surface area contributed by atoms with Gasteiger partial charge in [0.05, 0.1) is 6.04 Å². The van der Waals surface area contributed by atoms with Crippen LogP contribution >= 0.6 is 0 Å². The number of nitrogens with zero attached hydrogens (tertiary/aromatic N) is 2. The van der Waals surface area contributed by atoms with Crippen LogP contribution in [-0.4, -0.2) is 39.0 Å². The quantitative estimate of drug-likeness (QED) is 0.548. The van der Waals surface area contributed by atoms with Crippen LogP contribution in [0.5, 0.6) is 0 Å². The fourth-order valence-electron chi connectivity index (χ4n) is 5.14. The Morgan fingerprint density at radius 3 is 2.09 bits per heavy atom. The Morgan fingerprint density at radius 2 is 1.59 bits per heavy atom. The number of pyridine rings is 1. The van der Waals surface area contributed by atoms with Gasteiger partial charge in [0.15, 0.2) is 5.43 Å². The number of hydrogen-bond donors (Lipinski definition) is 1. The molecule has 1 aliphatic rings. The SMILES string of the molecule is CCCC(C)N1C[C@H](C(c2ccccc2)c2ccccc2)n2cc(C(=O)O)c(=O)c(C)c2C1=O. The molecule has 1 aliphatic heterocycles. The Bertz CT molecular complexity index is 1210. The van der Waals surface area contributed by atoms with Gasteiger partial charge in [-0.15, -0.1) is 0 Å². The summed E-state index contributed by atoms with van der Waals surface area (Å²) < 4.78 is 1.75. The van der Waals surface area contributed by atoms with Crippen molar-refractivity contribution >= 4 is 11.9 Å². The lowest BCUT2D eigenvalue weighted by Gasteiger charge is -2.43. The third kappa shape index (κ3) is 4.16. The van der Waals surface area contributed by atoms with Crippen LogP contribution in [0.3, 0.4) is 0 Å². The van der Waals surface area contributed by atoms with Crippen molar-refractivity contribution in [3.63, 3.8) is 0 Å². The lowest BCUT2D eigenvalue weighted by molar-refractivity contribution is 0.0559. The molecule has 2 heterocycles. The third-order valence-electron chi connectivity index (χ3n) is 6.84. The zero-order chi connectivity index (χ0) is 24.4. The molecule has 1 N–H and O–H groups in total. The summed E-state index contributed by atoms with van der Waals surface area (Å²) in [5, 5.41) is 9.72. The highest BCUT2D eigenvalue weighted by molar-refractivity contribution is 5.96. The number of fused-ring (bicyclic) bond motifs is 1. The smallest absolute Gasteiger partial charge is 0.341 e. The zero-order valence-electron chi connectivity index (χ0n) is 19.8. The van der Waals surface area contributed by atoms with Crippen LogP contribution in [0.15, 0.2) is 71.7 Å². The highest BCUT2D eigenvalue weighted by atomic mass is 16.4. The molecule has 6 nitrogen and oxygen atoms in total. The molecule has 0 spiro atoms. The van der Waals surface area contributed by atoms with Gasteiger partial charge in [0, 0.05) is 30.3 Å². The summed E-state index contributed by atoms with van der Waals surface area (Å²) in [6.07, 6.45) is 3.15. The van der Waals surface area contributed by atoms with Gasteiger partial charge in [-0.2, -0.15) is 0 Å². The second-order valence-corrected chi connectivity index (χ2v) is 9.02. The second-order valence-electron chi connectivity index (χ2n) is 9.02. The predicted molar refractivity (Wildman–Crippen MR) is 132 cm³/mol. The van der Waals surface area contributed by atoms with Gasteiger partial charge < -0.3 is 14.6 Å². The Morgan fingerprint density at radius 1 is 1.03 bits per heavy atom. The number of carboxylic acid groups (broad SMARTS) is 1. The van der Waals surface area contributed by atoms with E-state index in [-0.39, 0.29) is 40.7 Å². The van der Waals surface area contributed by atoms with E-state index in [0.29, 0.717) is 6.54 Å². The third-order valence-corrected chi connectivity index (χ3v) is 6.84. The van der Waals surface area contributed by atoms with Gasteiger partial charge in [0.2, 0.25) is 0 Å². The number of aromatic carboxylic acids is 1. The monoisotopic (exact) mass is 458 g/mol. The van der Waals surface area contributed by atoms with Crippen LogP contribution in [0, 0.1) is 6.92 Å². The highest BCUT2D eigenvalue weighted by Gasteiger charge is 2.40. The Hall–Kier alpha value is -3.67. The number of aromatic nitrogens is 1. The average Bonchev–Trinajstić information content (AvgIpc) is 2.83. The lowest BCUT2D eigenvalue weighted by Crippen LogP contribution is -2.50. The molecule has 0 saturated heterocycles. The van der Waals surface area contributed by atoms with Crippen molar-refractivity contribution in [3.05, 3.63) is 105 Å². The maximum Gasteiger partial charge on any atom is 0.341 e. The first-order valence-corrected chi connectivity index (χ1v) is 11.7. The first-order valence-electron chi connectivity index (χ1n) is 11.7. The van der Waals surface area contributed by atoms with Crippen molar-refractivity contribution in [2.24, 2.45) is 0 Å². The summed E-state index contributed by atoms with van der Waals surface area (Å²) in [5.74, 6) is -1.65. The summed E-state index contributed by atoms with van der Waals surface area (Å²) in [5.41, 5.74) is 1.68. The standard InChI is InChI=1S/C28H30N2O4/c1-4-11-18(2)29-17-23(24(20-12-7-5-8-13-20)21-14-9-6-10-15-21)30-16-22(28(33)34)26(31)19(3)25(30)27(29)32/h5-10,12-16,18,23-24H,4,11,17H2,1-3H3,(H,33,34)/t18?,23-/m1/s1. The maximum atomic E-state index is 13.6. The van der Waals surface area contributed by atoms with E-state index in [9.17, 15) is 19.5 Å². The van der Waals surface area contributed by atoms with E-state index in [1.165, 1.54) is 6.20 Å². The molecule has 3 aromatic rings. The maximum absolute atomic E-state index is 13.6. The van der Waals surface area contributed by atoms with Gasteiger partial charge in [0.1, 0.15) is 11.3 Å². The largest absolute Gasteiger partial charge is 0.477 e. The summed E-state index contributed by atoms with van der Waals surface area (Å²) in [6, 6.07) is 19.8. The van der Waals surface area contributed by atoms with Crippen molar-refractivity contribution in [3.8, 4) is 0 Å². The summed E-state index contributed by atoms with van der Waals surface area (Å²) in [7, 11) is 0. The molecule has 176 valence electrons. The molecular formula is C28H30N2O4. The molecule has 2 aromatic carbocycles. The van der Waals surface area contributed by atoms with Crippen molar-refractivity contribution in [1.29, 1.82) is 0 Å². The van der Waals surface area contributed by atoms with Gasteiger partial charge in [-0.1, -0.05) is 74.0 Å². The predicted octanol–water partition coefficient (Wildman–Crippen LogP) is 4.87. The number of benzene rings is 2. The zero-order valence-corrected chi connectivity index (χ0v) is 19.8. The van der Waals surface area contributed by atoms with Gasteiger partial charge in [0.25, 0.3) is 5.91 Å².